The summed E-state index contributed by atoms with van der Waals surface area (Å²) in [5.41, 5.74) is 0. The summed E-state index contributed by atoms with van der Waals surface area (Å²) in [5.74, 6) is 0. The normalized spacial score (nSPS) is 50.0. The van der Waals surface area contributed by atoms with Crippen LogP contribution in [0.2, 0.25) is 0 Å². The zero-order valence-corrected chi connectivity index (χ0v) is 9.72. The van der Waals surface area contributed by atoms with Gasteiger partial charge >= 0.3 is 0 Å². The van der Waals surface area contributed by atoms with Gasteiger partial charge in [0.1, 0.15) is 0 Å². The van der Waals surface area contributed by atoms with E-state index in [1.807, 2.05) is 0 Å². The second-order valence-electron chi connectivity index (χ2n) is 5.77. The van der Waals surface area contributed by atoms with Crippen molar-refractivity contribution in [1.82, 2.24) is 4.90 Å². The second kappa shape index (κ2) is 3.46. The van der Waals surface area contributed by atoms with E-state index in [0.29, 0.717) is 30.3 Å². The average Bonchev–Trinajstić information content (AvgIpc) is 2.76. The first kappa shape index (κ1) is 9.46. The molecule has 3 nitrogen and oxygen atoms in total. The van der Waals surface area contributed by atoms with Gasteiger partial charge in [0.15, 0.2) is 0 Å². The van der Waals surface area contributed by atoms with Crippen molar-refractivity contribution in [2.75, 3.05) is 0 Å². The molecule has 2 saturated carbocycles. The molecule has 5 unspecified atom stereocenters. The molecule has 5 atom stereocenters. The minimum atomic E-state index is 0.473. The van der Waals surface area contributed by atoms with Gasteiger partial charge in [-0.15, -0.1) is 0 Å². The lowest BCUT2D eigenvalue weighted by Gasteiger charge is -2.51. The van der Waals surface area contributed by atoms with Crippen LogP contribution < -0.4 is 0 Å². The van der Waals surface area contributed by atoms with Gasteiger partial charge in [-0.2, -0.15) is 0 Å². The van der Waals surface area contributed by atoms with Crippen LogP contribution in [0.25, 0.3) is 0 Å². The summed E-state index contributed by atoms with van der Waals surface area (Å²) in [6.45, 7) is 0. The molecular formula is C13H20N2O. The first-order chi connectivity index (χ1) is 7.93. The fourth-order valence-corrected chi connectivity index (χ4v) is 4.17. The summed E-state index contributed by atoms with van der Waals surface area (Å²) in [7, 11) is 0. The summed E-state index contributed by atoms with van der Waals surface area (Å²) in [4.78, 5) is 7.28. The first-order valence-electron chi connectivity index (χ1n) is 6.90. The Hall–Kier alpha value is -0.570. The molecule has 4 aliphatic rings. The SMILES string of the molecule is C1=NC2CCCC3OC4CCCCC4N1C23. The molecule has 0 amide bonds. The Balaban J connectivity index is 1.65. The summed E-state index contributed by atoms with van der Waals surface area (Å²) in [6.07, 6.45) is 12.3. The Morgan fingerprint density at radius 2 is 1.88 bits per heavy atom. The Morgan fingerprint density at radius 1 is 1.00 bits per heavy atom. The Morgan fingerprint density at radius 3 is 2.88 bits per heavy atom. The van der Waals surface area contributed by atoms with Gasteiger partial charge < -0.3 is 9.64 Å². The van der Waals surface area contributed by atoms with Crippen molar-refractivity contribution in [3.63, 3.8) is 0 Å². The molecule has 0 radical (unpaired) electrons. The molecule has 0 spiro atoms. The van der Waals surface area contributed by atoms with Crippen LogP contribution in [-0.2, 0) is 4.74 Å². The third-order valence-corrected chi connectivity index (χ3v) is 4.90. The Bertz CT molecular complexity index is 317. The number of nitrogens with zero attached hydrogens (tertiary/aromatic N) is 2. The molecule has 0 aromatic rings. The Labute approximate surface area is 96.9 Å². The summed E-state index contributed by atoms with van der Waals surface area (Å²) in [6, 6.07) is 1.77. The lowest BCUT2D eigenvalue weighted by Crippen LogP contribution is -2.62. The number of ether oxygens (including phenoxy) is 1. The molecule has 2 aliphatic heterocycles. The van der Waals surface area contributed by atoms with Gasteiger partial charge in [0.2, 0.25) is 0 Å². The highest BCUT2D eigenvalue weighted by molar-refractivity contribution is 5.60. The van der Waals surface area contributed by atoms with E-state index < -0.39 is 0 Å². The number of hydrogen-bond donors (Lipinski definition) is 0. The molecule has 1 saturated heterocycles. The first-order valence-corrected chi connectivity index (χ1v) is 6.90. The number of fused-ring (bicyclic) bond motifs is 2. The minimum Gasteiger partial charge on any atom is -0.371 e. The van der Waals surface area contributed by atoms with Crippen molar-refractivity contribution < 1.29 is 4.74 Å². The van der Waals surface area contributed by atoms with Crippen molar-refractivity contribution in [3.8, 4) is 0 Å². The van der Waals surface area contributed by atoms with E-state index in [9.17, 15) is 0 Å². The lowest BCUT2D eigenvalue weighted by molar-refractivity contribution is -0.150. The molecule has 0 N–H and O–H groups in total. The molecule has 2 heterocycles. The van der Waals surface area contributed by atoms with Gasteiger partial charge in [0, 0.05) is 0 Å². The topological polar surface area (TPSA) is 24.8 Å². The number of aliphatic imine (C=N–C) groups is 1. The van der Waals surface area contributed by atoms with Gasteiger partial charge in [-0.1, -0.05) is 12.8 Å². The van der Waals surface area contributed by atoms with Crippen LogP contribution in [0.1, 0.15) is 44.9 Å². The quantitative estimate of drug-likeness (QED) is 0.623. The third kappa shape index (κ3) is 1.21. The smallest absolute Gasteiger partial charge is 0.0861 e. The zero-order chi connectivity index (χ0) is 10.5. The standard InChI is InChI=1S/C13H20N2O/c1-2-6-11-10(5-1)15-8-14-9-4-3-7-12(16-11)13(9)15/h8-13H,1-7H2. The largest absolute Gasteiger partial charge is 0.371 e. The minimum absolute atomic E-state index is 0.473. The fraction of sp³-hybridized carbons (Fsp3) is 0.923. The number of morpholine rings is 1. The van der Waals surface area contributed by atoms with Crippen LogP contribution in [0.4, 0.5) is 0 Å². The molecule has 0 bridgehead atoms. The van der Waals surface area contributed by atoms with Gasteiger partial charge in [-0.05, 0) is 32.1 Å². The number of hydrogen-bond acceptors (Lipinski definition) is 3. The molecule has 2 aliphatic carbocycles. The van der Waals surface area contributed by atoms with Crippen molar-refractivity contribution in [3.05, 3.63) is 0 Å². The van der Waals surface area contributed by atoms with E-state index in [2.05, 4.69) is 11.2 Å². The molecule has 4 rings (SSSR count). The molecule has 0 aromatic heterocycles. The second-order valence-corrected chi connectivity index (χ2v) is 5.77. The average molecular weight is 220 g/mol. The molecule has 3 heteroatoms. The summed E-state index contributed by atoms with van der Waals surface area (Å²) < 4.78 is 6.35. The molecule has 0 aromatic carbocycles. The van der Waals surface area contributed by atoms with E-state index >= 15 is 0 Å². The van der Waals surface area contributed by atoms with Crippen molar-refractivity contribution in [2.45, 2.75) is 75.3 Å². The highest BCUT2D eigenvalue weighted by Crippen LogP contribution is 2.41. The van der Waals surface area contributed by atoms with E-state index in [0.717, 1.165) is 0 Å². The van der Waals surface area contributed by atoms with Gasteiger partial charge in [-0.25, -0.2) is 0 Å². The van der Waals surface area contributed by atoms with Crippen LogP contribution in [0.3, 0.4) is 0 Å². The van der Waals surface area contributed by atoms with Gasteiger partial charge in [0.05, 0.1) is 36.7 Å². The highest BCUT2D eigenvalue weighted by atomic mass is 16.5. The highest BCUT2D eigenvalue weighted by Gasteiger charge is 2.49. The van der Waals surface area contributed by atoms with Gasteiger partial charge in [0.25, 0.3) is 0 Å². The van der Waals surface area contributed by atoms with Crippen LogP contribution >= 0.6 is 0 Å². The lowest BCUT2D eigenvalue weighted by atomic mass is 9.82. The third-order valence-electron chi connectivity index (χ3n) is 4.90. The molecule has 3 fully saturated rings. The summed E-state index contributed by atoms with van der Waals surface area (Å²) >= 11 is 0. The molecule has 16 heavy (non-hydrogen) atoms. The maximum Gasteiger partial charge on any atom is 0.0861 e. The van der Waals surface area contributed by atoms with E-state index in [-0.39, 0.29) is 0 Å². The Kier molecular flexibility index (Phi) is 2.05. The number of rotatable bonds is 0. The fourth-order valence-electron chi connectivity index (χ4n) is 4.17. The van der Waals surface area contributed by atoms with E-state index in [1.165, 1.54) is 44.9 Å². The van der Waals surface area contributed by atoms with Crippen LogP contribution in [0, 0.1) is 0 Å². The maximum atomic E-state index is 6.35. The molecule has 88 valence electrons. The maximum absolute atomic E-state index is 6.35. The van der Waals surface area contributed by atoms with Crippen molar-refractivity contribution in [1.29, 1.82) is 0 Å². The van der Waals surface area contributed by atoms with Crippen LogP contribution in [0.15, 0.2) is 4.99 Å². The van der Waals surface area contributed by atoms with E-state index in [1.54, 1.807) is 0 Å². The predicted molar refractivity (Wildman–Crippen MR) is 62.7 cm³/mol. The predicted octanol–water partition coefficient (Wildman–Crippen LogP) is 1.96. The van der Waals surface area contributed by atoms with Gasteiger partial charge in [-0.3, -0.25) is 4.99 Å². The monoisotopic (exact) mass is 220 g/mol. The molecular weight excluding hydrogens is 200 g/mol. The van der Waals surface area contributed by atoms with Crippen LogP contribution in [-0.4, -0.2) is 41.6 Å². The summed E-state index contributed by atoms with van der Waals surface area (Å²) in [5, 5.41) is 0. The van der Waals surface area contributed by atoms with Crippen LogP contribution in [0.5, 0.6) is 0 Å². The van der Waals surface area contributed by atoms with Crippen molar-refractivity contribution in [2.24, 2.45) is 4.99 Å². The van der Waals surface area contributed by atoms with E-state index in [4.69, 9.17) is 9.73 Å². The zero-order valence-electron chi connectivity index (χ0n) is 9.72. The van der Waals surface area contributed by atoms with Crippen molar-refractivity contribution >= 4 is 6.34 Å².